The molecular weight excluding hydrogens is 260 g/mol. The van der Waals surface area contributed by atoms with Crippen LogP contribution in [0.2, 0.25) is 0 Å². The van der Waals surface area contributed by atoms with Crippen molar-refractivity contribution < 1.29 is 18.7 Å². The summed E-state index contributed by atoms with van der Waals surface area (Å²) in [7, 11) is 0. The largest absolute Gasteiger partial charge is 0.477 e. The van der Waals surface area contributed by atoms with Crippen LogP contribution < -0.4 is 0 Å². The third-order valence-electron chi connectivity index (χ3n) is 1.51. The van der Waals surface area contributed by atoms with Crippen molar-refractivity contribution in [2.45, 2.75) is 11.8 Å². The van der Waals surface area contributed by atoms with Gasteiger partial charge in [-0.25, -0.2) is 18.6 Å². The minimum Gasteiger partial charge on any atom is -0.477 e. The quantitative estimate of drug-likeness (QED) is 0.855. The van der Waals surface area contributed by atoms with E-state index in [1.165, 1.54) is 6.07 Å². The second kappa shape index (κ2) is 4.45. The van der Waals surface area contributed by atoms with Gasteiger partial charge in [0.15, 0.2) is 0 Å². The minimum absolute atomic E-state index is 0.244. The van der Waals surface area contributed by atoms with Crippen molar-refractivity contribution in [1.82, 2.24) is 4.98 Å². The summed E-state index contributed by atoms with van der Waals surface area (Å²) in [5, 5.41) is 8.83. The zero-order valence-corrected chi connectivity index (χ0v) is 8.46. The number of carbonyl (C=O) groups is 1. The van der Waals surface area contributed by atoms with Crippen molar-refractivity contribution in [3.63, 3.8) is 0 Å². The SMILES string of the molecule is O=C(O)c1cc(C(F)F)cc(CBr)n1. The van der Waals surface area contributed by atoms with E-state index in [2.05, 4.69) is 20.9 Å². The Kier molecular flexibility index (Phi) is 3.51. The Hall–Kier alpha value is -1.04. The minimum atomic E-state index is -2.69. The summed E-state index contributed by atoms with van der Waals surface area (Å²) in [5.41, 5.74) is -0.413. The highest BCUT2D eigenvalue weighted by molar-refractivity contribution is 9.08. The molecule has 14 heavy (non-hydrogen) atoms. The van der Waals surface area contributed by atoms with Crippen molar-refractivity contribution in [3.05, 3.63) is 29.1 Å². The number of nitrogens with zero attached hydrogens (tertiary/aromatic N) is 1. The van der Waals surface area contributed by atoms with E-state index in [4.69, 9.17) is 5.11 Å². The van der Waals surface area contributed by atoms with Crippen LogP contribution in [0.5, 0.6) is 0 Å². The number of aromatic nitrogens is 1. The predicted octanol–water partition coefficient (Wildman–Crippen LogP) is 2.61. The number of hydrogen-bond donors (Lipinski definition) is 1. The Morgan fingerprint density at radius 1 is 1.57 bits per heavy atom. The van der Waals surface area contributed by atoms with Gasteiger partial charge in [-0.3, -0.25) is 0 Å². The summed E-state index contributed by atoms with van der Waals surface area (Å²) < 4.78 is 24.6. The van der Waals surface area contributed by atoms with Gasteiger partial charge in [-0.1, -0.05) is 15.9 Å². The van der Waals surface area contributed by atoms with Crippen LogP contribution in [-0.4, -0.2) is 16.1 Å². The number of halogens is 3. The summed E-state index contributed by atoms with van der Waals surface area (Å²) >= 11 is 3.02. The molecule has 0 saturated carbocycles. The van der Waals surface area contributed by atoms with Crippen LogP contribution in [0, 0.1) is 0 Å². The molecule has 0 amide bonds. The van der Waals surface area contributed by atoms with E-state index in [-0.39, 0.29) is 22.3 Å². The van der Waals surface area contributed by atoms with E-state index in [1.54, 1.807) is 0 Å². The van der Waals surface area contributed by atoms with Crippen molar-refractivity contribution in [2.24, 2.45) is 0 Å². The topological polar surface area (TPSA) is 50.2 Å². The molecule has 0 spiro atoms. The number of pyridine rings is 1. The fourth-order valence-corrected chi connectivity index (χ4v) is 1.20. The van der Waals surface area contributed by atoms with Gasteiger partial charge in [0.1, 0.15) is 5.69 Å². The number of carboxylic acid groups (broad SMARTS) is 1. The molecule has 6 heteroatoms. The van der Waals surface area contributed by atoms with E-state index in [9.17, 15) is 13.6 Å². The molecule has 0 aliphatic rings. The Morgan fingerprint density at radius 2 is 2.21 bits per heavy atom. The first-order chi connectivity index (χ1) is 6.54. The highest BCUT2D eigenvalue weighted by atomic mass is 79.9. The Balaban J connectivity index is 3.20. The Bertz CT molecular complexity index is 357. The summed E-state index contributed by atoms with van der Waals surface area (Å²) in [6, 6.07) is 2.05. The summed E-state index contributed by atoms with van der Waals surface area (Å²) in [5.74, 6) is -1.31. The molecule has 0 fully saturated rings. The molecule has 0 saturated heterocycles. The normalized spacial score (nSPS) is 10.6. The molecule has 1 aromatic heterocycles. The lowest BCUT2D eigenvalue weighted by Gasteiger charge is -2.03. The van der Waals surface area contributed by atoms with Gasteiger partial charge in [-0.05, 0) is 12.1 Å². The van der Waals surface area contributed by atoms with Crippen molar-refractivity contribution in [3.8, 4) is 0 Å². The number of carboxylic acids is 1. The van der Waals surface area contributed by atoms with Gasteiger partial charge in [0.25, 0.3) is 6.43 Å². The number of aromatic carboxylic acids is 1. The zero-order chi connectivity index (χ0) is 10.7. The monoisotopic (exact) mass is 265 g/mol. The molecular formula is C8H6BrF2NO2. The number of alkyl halides is 3. The molecule has 0 bridgehead atoms. The first kappa shape index (κ1) is 11.0. The van der Waals surface area contributed by atoms with E-state index < -0.39 is 12.4 Å². The van der Waals surface area contributed by atoms with Crippen LogP contribution in [0.4, 0.5) is 8.78 Å². The van der Waals surface area contributed by atoms with Crippen LogP contribution in [0.3, 0.4) is 0 Å². The molecule has 0 aromatic carbocycles. The van der Waals surface area contributed by atoms with Gasteiger partial charge < -0.3 is 5.11 Å². The number of rotatable bonds is 3. The average molecular weight is 266 g/mol. The van der Waals surface area contributed by atoms with Crippen molar-refractivity contribution in [1.29, 1.82) is 0 Å². The van der Waals surface area contributed by atoms with Crippen molar-refractivity contribution in [2.75, 3.05) is 0 Å². The van der Waals surface area contributed by atoms with Gasteiger partial charge in [0.2, 0.25) is 0 Å². The lowest BCUT2D eigenvalue weighted by atomic mass is 10.2. The van der Waals surface area contributed by atoms with E-state index in [0.29, 0.717) is 0 Å². The van der Waals surface area contributed by atoms with Crippen LogP contribution in [0.25, 0.3) is 0 Å². The first-order valence-corrected chi connectivity index (χ1v) is 4.75. The maximum Gasteiger partial charge on any atom is 0.354 e. The van der Waals surface area contributed by atoms with Gasteiger partial charge in [0, 0.05) is 10.9 Å². The summed E-state index contributed by atoms with van der Waals surface area (Å²) in [6.07, 6.45) is -2.69. The average Bonchev–Trinajstić information content (AvgIpc) is 2.16. The van der Waals surface area contributed by atoms with Gasteiger partial charge >= 0.3 is 5.97 Å². The zero-order valence-electron chi connectivity index (χ0n) is 6.88. The smallest absolute Gasteiger partial charge is 0.354 e. The third-order valence-corrected chi connectivity index (χ3v) is 2.08. The molecule has 0 aliphatic carbocycles. The fraction of sp³-hybridized carbons (Fsp3) is 0.250. The maximum absolute atomic E-state index is 12.3. The summed E-state index contributed by atoms with van der Waals surface area (Å²) in [6.45, 7) is 0. The van der Waals surface area contributed by atoms with E-state index in [0.717, 1.165) is 6.07 Å². The molecule has 76 valence electrons. The Labute approximate surface area is 86.9 Å². The van der Waals surface area contributed by atoms with Gasteiger partial charge in [-0.15, -0.1) is 0 Å². The molecule has 1 N–H and O–H groups in total. The second-order valence-electron chi connectivity index (χ2n) is 2.52. The standard InChI is InChI=1S/C8H6BrF2NO2/c9-3-5-1-4(7(10)11)2-6(12-5)8(13)14/h1-2,7H,3H2,(H,13,14). The fourth-order valence-electron chi connectivity index (χ4n) is 0.915. The van der Waals surface area contributed by atoms with E-state index >= 15 is 0 Å². The highest BCUT2D eigenvalue weighted by Gasteiger charge is 2.13. The van der Waals surface area contributed by atoms with Crippen LogP contribution in [-0.2, 0) is 5.33 Å². The first-order valence-electron chi connectivity index (χ1n) is 3.63. The maximum atomic E-state index is 12.3. The Morgan fingerprint density at radius 3 is 2.64 bits per heavy atom. The van der Waals surface area contributed by atoms with Crippen molar-refractivity contribution >= 4 is 21.9 Å². The van der Waals surface area contributed by atoms with E-state index in [1.807, 2.05) is 0 Å². The van der Waals surface area contributed by atoms with Crippen LogP contribution in [0.15, 0.2) is 12.1 Å². The predicted molar refractivity (Wildman–Crippen MR) is 48.8 cm³/mol. The molecule has 1 heterocycles. The molecule has 0 radical (unpaired) electrons. The molecule has 0 aliphatic heterocycles. The molecule has 1 rings (SSSR count). The lowest BCUT2D eigenvalue weighted by Crippen LogP contribution is -2.04. The summed E-state index contributed by atoms with van der Waals surface area (Å²) in [4.78, 5) is 14.2. The third kappa shape index (κ3) is 2.47. The number of hydrogen-bond acceptors (Lipinski definition) is 2. The molecule has 1 aromatic rings. The molecule has 0 unspecified atom stereocenters. The van der Waals surface area contributed by atoms with Crippen LogP contribution >= 0.6 is 15.9 Å². The van der Waals surface area contributed by atoms with Gasteiger partial charge in [0.05, 0.1) is 5.69 Å². The van der Waals surface area contributed by atoms with Crippen LogP contribution in [0.1, 0.15) is 28.2 Å². The van der Waals surface area contributed by atoms with Gasteiger partial charge in [-0.2, -0.15) is 0 Å². The molecule has 3 nitrogen and oxygen atoms in total. The lowest BCUT2D eigenvalue weighted by molar-refractivity contribution is 0.0689. The molecule has 0 atom stereocenters. The second-order valence-corrected chi connectivity index (χ2v) is 3.08. The highest BCUT2D eigenvalue weighted by Crippen LogP contribution is 2.20.